The lowest BCUT2D eigenvalue weighted by atomic mass is 10.1. The Morgan fingerprint density at radius 3 is 2.47 bits per heavy atom. The summed E-state index contributed by atoms with van der Waals surface area (Å²) in [5.74, 6) is 0.208. The van der Waals surface area contributed by atoms with Crippen molar-refractivity contribution in [3.05, 3.63) is 36.4 Å². The average molecular weight is 224 g/mol. The van der Waals surface area contributed by atoms with Crippen molar-refractivity contribution in [2.24, 2.45) is 0 Å². The molecule has 5 heteroatoms. The number of aromatic hydroxyl groups is 1. The molecule has 0 aliphatic carbocycles. The number of hydrogen-bond donors (Lipinski definition) is 2. The molecule has 0 aliphatic rings. The molecule has 0 aromatic heterocycles. The second kappa shape index (κ2) is 4.50. The van der Waals surface area contributed by atoms with Crippen molar-refractivity contribution in [2.75, 3.05) is 0 Å². The van der Waals surface area contributed by atoms with Gasteiger partial charge in [-0.25, -0.2) is 5.26 Å². The van der Waals surface area contributed by atoms with E-state index in [-0.39, 0.29) is 5.75 Å². The largest absolute Gasteiger partial charge is 0.507 e. The predicted octanol–water partition coefficient (Wildman–Crippen LogP) is 2.97. The van der Waals surface area contributed by atoms with Gasteiger partial charge in [-0.3, -0.25) is 0 Å². The Morgan fingerprint density at radius 2 is 1.73 bits per heavy atom. The topological polar surface area (TPSA) is 58.9 Å². The maximum absolute atomic E-state index is 9.59. The molecule has 0 fully saturated rings. The molecule has 15 heavy (non-hydrogen) atoms. The highest BCUT2D eigenvalue weighted by Gasteiger charge is 2.05. The zero-order valence-corrected chi connectivity index (χ0v) is 8.40. The first kappa shape index (κ1) is 10.3. The molecule has 2 aromatic carbocycles. The third-order valence-corrected chi connectivity index (χ3v) is 2.68. The third-order valence-electron chi connectivity index (χ3n) is 2.02. The molecule has 0 spiro atoms. The van der Waals surface area contributed by atoms with Crippen LogP contribution in [0.4, 0.5) is 0 Å². The number of phenols is 1. The fraction of sp³-hybridized carbons (Fsp3) is 0. The van der Waals surface area contributed by atoms with Crippen molar-refractivity contribution < 1.29 is 19.7 Å². The van der Waals surface area contributed by atoms with E-state index in [9.17, 15) is 5.11 Å². The summed E-state index contributed by atoms with van der Waals surface area (Å²) in [5.41, 5.74) is 0. The normalized spacial score (nSPS) is 10.7. The molecule has 78 valence electrons. The van der Waals surface area contributed by atoms with Crippen LogP contribution in [-0.4, -0.2) is 10.4 Å². The Kier molecular flexibility index (Phi) is 3.08. The highest BCUT2D eigenvalue weighted by Crippen LogP contribution is 2.33. The first-order valence-corrected chi connectivity index (χ1v) is 4.92. The Labute approximate surface area is 90.1 Å². The average Bonchev–Trinajstić information content (AvgIpc) is 2.29. The van der Waals surface area contributed by atoms with Crippen LogP contribution in [0, 0.1) is 0 Å². The van der Waals surface area contributed by atoms with Gasteiger partial charge in [0.2, 0.25) is 0 Å². The quantitative estimate of drug-likeness (QED) is 0.477. The Morgan fingerprint density at radius 1 is 1.00 bits per heavy atom. The van der Waals surface area contributed by atoms with Crippen LogP contribution in [0.1, 0.15) is 0 Å². The highest BCUT2D eigenvalue weighted by molar-refractivity contribution is 7.94. The van der Waals surface area contributed by atoms with Gasteiger partial charge in [0.15, 0.2) is 0 Å². The van der Waals surface area contributed by atoms with Gasteiger partial charge in [-0.15, -0.1) is 4.33 Å². The zero-order valence-electron chi connectivity index (χ0n) is 7.58. The monoisotopic (exact) mass is 224 g/mol. The van der Waals surface area contributed by atoms with Crippen molar-refractivity contribution >= 4 is 22.8 Å². The molecule has 2 rings (SSSR count). The molecule has 0 aliphatic heterocycles. The second-order valence-electron chi connectivity index (χ2n) is 2.85. The van der Waals surface area contributed by atoms with Gasteiger partial charge in [-0.1, -0.05) is 29.3 Å². The van der Waals surface area contributed by atoms with E-state index >= 15 is 0 Å². The van der Waals surface area contributed by atoms with Crippen LogP contribution in [0.15, 0.2) is 41.3 Å². The summed E-state index contributed by atoms with van der Waals surface area (Å²) in [6.45, 7) is 0. The van der Waals surface area contributed by atoms with Gasteiger partial charge in [-0.05, 0) is 12.1 Å². The van der Waals surface area contributed by atoms with Crippen LogP contribution >= 0.6 is 12.0 Å². The van der Waals surface area contributed by atoms with Crippen molar-refractivity contribution in [1.82, 2.24) is 0 Å². The summed E-state index contributed by atoms with van der Waals surface area (Å²) in [7, 11) is 0. The lowest BCUT2D eigenvalue weighted by molar-refractivity contribution is -0.432. The highest BCUT2D eigenvalue weighted by atomic mass is 32.2. The maximum Gasteiger partial charge on any atom is 0.123 e. The second-order valence-corrected chi connectivity index (χ2v) is 3.60. The van der Waals surface area contributed by atoms with Gasteiger partial charge in [0.25, 0.3) is 0 Å². The summed E-state index contributed by atoms with van der Waals surface area (Å²) < 4.78 is 4.36. The smallest absolute Gasteiger partial charge is 0.123 e. The first-order chi connectivity index (χ1) is 7.33. The lowest BCUT2D eigenvalue weighted by Gasteiger charge is -2.05. The fourth-order valence-corrected chi connectivity index (χ4v) is 1.88. The zero-order chi connectivity index (χ0) is 10.7. The molecule has 0 amide bonds. The lowest BCUT2D eigenvalue weighted by Crippen LogP contribution is -1.81. The number of rotatable bonds is 3. The van der Waals surface area contributed by atoms with E-state index in [1.54, 1.807) is 18.2 Å². The molecule has 0 heterocycles. The van der Waals surface area contributed by atoms with E-state index in [1.807, 2.05) is 18.2 Å². The predicted molar refractivity (Wildman–Crippen MR) is 56.3 cm³/mol. The van der Waals surface area contributed by atoms with Gasteiger partial charge in [0.1, 0.15) is 5.75 Å². The summed E-state index contributed by atoms with van der Waals surface area (Å²) >= 11 is 0.875. The van der Waals surface area contributed by atoms with Crippen LogP contribution in [0.25, 0.3) is 10.8 Å². The van der Waals surface area contributed by atoms with E-state index in [1.165, 1.54) is 0 Å². The van der Waals surface area contributed by atoms with Crippen molar-refractivity contribution in [2.45, 2.75) is 4.90 Å². The summed E-state index contributed by atoms with van der Waals surface area (Å²) in [5, 5.41) is 22.7. The molecule has 2 aromatic rings. The van der Waals surface area contributed by atoms with Crippen LogP contribution in [0.3, 0.4) is 0 Å². The minimum absolute atomic E-state index is 0.208. The molecule has 2 N–H and O–H groups in total. The summed E-state index contributed by atoms with van der Waals surface area (Å²) in [6.07, 6.45) is 0. The number of fused-ring (bicyclic) bond motifs is 1. The standard InChI is InChI=1S/C10H8O4S/c11-9-5-6-10(15-14-13-12)8-4-2-1-3-7(8)9/h1-6,11-12H. The Balaban J connectivity index is 2.51. The van der Waals surface area contributed by atoms with Crippen molar-refractivity contribution in [3.8, 4) is 5.75 Å². The molecular weight excluding hydrogens is 216 g/mol. The van der Waals surface area contributed by atoms with Crippen molar-refractivity contribution in [1.29, 1.82) is 0 Å². The van der Waals surface area contributed by atoms with E-state index in [0.717, 1.165) is 27.7 Å². The Bertz CT molecular complexity index is 472. The summed E-state index contributed by atoms with van der Waals surface area (Å²) in [6, 6.07) is 10.6. The van der Waals surface area contributed by atoms with Gasteiger partial charge in [0.05, 0.1) is 12.0 Å². The van der Waals surface area contributed by atoms with Crippen LogP contribution in [0.2, 0.25) is 0 Å². The Hall–Kier alpha value is -1.27. The van der Waals surface area contributed by atoms with E-state index < -0.39 is 0 Å². The van der Waals surface area contributed by atoms with Crippen LogP contribution < -0.4 is 0 Å². The van der Waals surface area contributed by atoms with Crippen molar-refractivity contribution in [3.63, 3.8) is 0 Å². The van der Waals surface area contributed by atoms with Gasteiger partial charge >= 0.3 is 0 Å². The van der Waals surface area contributed by atoms with Crippen LogP contribution in [0.5, 0.6) is 5.75 Å². The van der Waals surface area contributed by atoms with Gasteiger partial charge in [0, 0.05) is 15.7 Å². The molecular formula is C10H8O4S. The molecule has 0 bridgehead atoms. The minimum Gasteiger partial charge on any atom is -0.507 e. The van der Waals surface area contributed by atoms with E-state index in [2.05, 4.69) is 9.37 Å². The third kappa shape index (κ3) is 2.05. The molecule has 0 unspecified atom stereocenters. The first-order valence-electron chi connectivity index (χ1n) is 4.18. The number of benzene rings is 2. The molecule has 4 nitrogen and oxygen atoms in total. The fourth-order valence-electron chi connectivity index (χ4n) is 1.38. The van der Waals surface area contributed by atoms with Crippen LogP contribution in [-0.2, 0) is 9.37 Å². The SMILES string of the molecule is OOOSc1ccc(O)c2ccccc12. The summed E-state index contributed by atoms with van der Waals surface area (Å²) in [4.78, 5) is 0.748. The molecule has 0 atom stereocenters. The molecule has 0 saturated heterocycles. The van der Waals surface area contributed by atoms with Gasteiger partial charge < -0.3 is 5.11 Å². The molecule has 0 radical (unpaired) electrons. The van der Waals surface area contributed by atoms with E-state index in [4.69, 9.17) is 5.26 Å². The number of hydrogen-bond acceptors (Lipinski definition) is 5. The minimum atomic E-state index is 0.208. The van der Waals surface area contributed by atoms with E-state index in [0.29, 0.717) is 0 Å². The molecule has 0 saturated carbocycles. The number of phenolic OH excluding ortho intramolecular Hbond substituents is 1. The van der Waals surface area contributed by atoms with Gasteiger partial charge in [-0.2, -0.15) is 0 Å². The maximum atomic E-state index is 9.59.